The molecule has 0 radical (unpaired) electrons. The lowest BCUT2D eigenvalue weighted by molar-refractivity contribution is 0.594. The molecule has 0 saturated carbocycles. The number of nitrogens with one attached hydrogen (secondary N) is 1. The Morgan fingerprint density at radius 1 is 1.43 bits per heavy atom. The molecular weight excluding hydrogens is 172 g/mol. The molecule has 14 heavy (non-hydrogen) atoms. The third-order valence-corrected chi connectivity index (χ3v) is 2.77. The summed E-state index contributed by atoms with van der Waals surface area (Å²) >= 11 is 0. The number of hydrogen-bond acceptors (Lipinski definition) is 2. The van der Waals surface area contributed by atoms with Gasteiger partial charge in [0, 0.05) is 23.9 Å². The Morgan fingerprint density at radius 3 is 2.93 bits per heavy atom. The minimum atomic E-state index is 0.656. The van der Waals surface area contributed by atoms with Gasteiger partial charge in [0.15, 0.2) is 0 Å². The van der Waals surface area contributed by atoms with Crippen molar-refractivity contribution in [2.45, 2.75) is 39.2 Å². The van der Waals surface area contributed by atoms with Gasteiger partial charge in [0.2, 0.25) is 0 Å². The van der Waals surface area contributed by atoms with Gasteiger partial charge in [0.25, 0.3) is 0 Å². The van der Waals surface area contributed by atoms with Crippen LogP contribution in [0.15, 0.2) is 12.1 Å². The highest BCUT2D eigenvalue weighted by Crippen LogP contribution is 2.12. The highest BCUT2D eigenvalue weighted by molar-refractivity contribution is 5.20. The first-order chi connectivity index (χ1) is 6.74. The molecule has 0 spiro atoms. The van der Waals surface area contributed by atoms with E-state index in [4.69, 9.17) is 0 Å². The molecule has 0 unspecified atom stereocenters. The maximum atomic E-state index is 4.56. The van der Waals surface area contributed by atoms with Crippen LogP contribution in [0.3, 0.4) is 0 Å². The summed E-state index contributed by atoms with van der Waals surface area (Å²) in [5, 5.41) is 3.50. The van der Waals surface area contributed by atoms with Crippen molar-refractivity contribution in [3.05, 3.63) is 29.1 Å². The van der Waals surface area contributed by atoms with Gasteiger partial charge >= 0.3 is 0 Å². The van der Waals surface area contributed by atoms with Crippen molar-refractivity contribution < 1.29 is 0 Å². The van der Waals surface area contributed by atoms with Gasteiger partial charge < -0.3 is 5.32 Å². The minimum absolute atomic E-state index is 0.656. The van der Waals surface area contributed by atoms with Crippen LogP contribution in [0, 0.1) is 13.8 Å². The summed E-state index contributed by atoms with van der Waals surface area (Å²) in [6.07, 6.45) is 3.70. The highest BCUT2D eigenvalue weighted by atomic mass is 14.9. The van der Waals surface area contributed by atoms with Crippen LogP contribution in [0.4, 0.5) is 0 Å². The quantitative estimate of drug-likeness (QED) is 0.771. The normalized spacial score (nSPS) is 21.4. The lowest BCUT2D eigenvalue weighted by atomic mass is 10.1. The Labute approximate surface area is 85.7 Å². The Balaban J connectivity index is 2.07. The first-order valence-electron chi connectivity index (χ1n) is 5.41. The zero-order valence-corrected chi connectivity index (χ0v) is 9.01. The van der Waals surface area contributed by atoms with E-state index in [0.29, 0.717) is 6.04 Å². The molecule has 0 aliphatic carbocycles. The molecule has 2 nitrogen and oxygen atoms in total. The van der Waals surface area contributed by atoms with Gasteiger partial charge in [-0.3, -0.25) is 4.98 Å². The van der Waals surface area contributed by atoms with E-state index in [1.54, 1.807) is 0 Å². The fourth-order valence-electron chi connectivity index (χ4n) is 2.21. The molecule has 0 amide bonds. The van der Waals surface area contributed by atoms with Crippen molar-refractivity contribution in [3.8, 4) is 0 Å². The highest BCUT2D eigenvalue weighted by Gasteiger charge is 2.14. The fourth-order valence-corrected chi connectivity index (χ4v) is 2.21. The number of rotatable bonds is 2. The van der Waals surface area contributed by atoms with Crippen molar-refractivity contribution in [1.82, 2.24) is 10.3 Å². The van der Waals surface area contributed by atoms with Gasteiger partial charge in [-0.15, -0.1) is 0 Å². The molecule has 1 fully saturated rings. The average Bonchev–Trinajstić information content (AvgIpc) is 2.54. The Morgan fingerprint density at radius 2 is 2.29 bits per heavy atom. The molecule has 0 bridgehead atoms. The first kappa shape index (κ1) is 9.66. The molecule has 2 heterocycles. The van der Waals surface area contributed by atoms with E-state index in [9.17, 15) is 0 Å². The second-order valence-corrected chi connectivity index (χ2v) is 4.27. The summed E-state index contributed by atoms with van der Waals surface area (Å²) in [5.41, 5.74) is 3.70. The monoisotopic (exact) mass is 190 g/mol. The number of nitrogens with zero attached hydrogens (tertiary/aromatic N) is 1. The van der Waals surface area contributed by atoms with Crippen LogP contribution in [0.25, 0.3) is 0 Å². The van der Waals surface area contributed by atoms with Crippen LogP contribution in [0.2, 0.25) is 0 Å². The van der Waals surface area contributed by atoms with Crippen LogP contribution < -0.4 is 5.32 Å². The predicted octanol–water partition coefficient (Wildman–Crippen LogP) is 1.99. The number of aromatic nitrogens is 1. The fraction of sp³-hybridized carbons (Fsp3) is 0.583. The molecule has 1 aliphatic rings. The van der Waals surface area contributed by atoms with Crippen molar-refractivity contribution in [2.75, 3.05) is 6.54 Å². The van der Waals surface area contributed by atoms with Crippen molar-refractivity contribution in [3.63, 3.8) is 0 Å². The third-order valence-electron chi connectivity index (χ3n) is 2.77. The second-order valence-electron chi connectivity index (χ2n) is 4.27. The zero-order valence-electron chi connectivity index (χ0n) is 9.01. The molecule has 1 saturated heterocycles. The molecule has 1 aliphatic heterocycles. The van der Waals surface area contributed by atoms with E-state index in [1.807, 2.05) is 0 Å². The Hall–Kier alpha value is -0.890. The summed E-state index contributed by atoms with van der Waals surface area (Å²) in [7, 11) is 0. The predicted molar refractivity (Wildman–Crippen MR) is 58.4 cm³/mol. The van der Waals surface area contributed by atoms with Gasteiger partial charge in [0.05, 0.1) is 0 Å². The topological polar surface area (TPSA) is 24.9 Å². The van der Waals surface area contributed by atoms with E-state index in [1.165, 1.54) is 30.6 Å². The molecular formula is C12H18N2. The van der Waals surface area contributed by atoms with Crippen molar-refractivity contribution in [1.29, 1.82) is 0 Å². The molecule has 1 aromatic heterocycles. The van der Waals surface area contributed by atoms with Crippen LogP contribution in [0.1, 0.15) is 29.8 Å². The SMILES string of the molecule is Cc1cc(C)nc(C[C@@H]2CCCN2)c1. The van der Waals surface area contributed by atoms with E-state index >= 15 is 0 Å². The van der Waals surface area contributed by atoms with Gasteiger partial charge in [-0.1, -0.05) is 0 Å². The Kier molecular flexibility index (Phi) is 2.82. The Bertz CT molecular complexity index is 294. The second kappa shape index (κ2) is 4.09. The largest absolute Gasteiger partial charge is 0.314 e. The minimum Gasteiger partial charge on any atom is -0.314 e. The summed E-state index contributed by atoms with van der Waals surface area (Å²) in [6.45, 7) is 5.38. The summed E-state index contributed by atoms with van der Waals surface area (Å²) < 4.78 is 0. The summed E-state index contributed by atoms with van der Waals surface area (Å²) in [4.78, 5) is 4.56. The van der Waals surface area contributed by atoms with Crippen LogP contribution in [-0.4, -0.2) is 17.6 Å². The molecule has 1 aromatic rings. The van der Waals surface area contributed by atoms with Gasteiger partial charge in [0.1, 0.15) is 0 Å². The van der Waals surface area contributed by atoms with E-state index in [0.717, 1.165) is 12.1 Å². The van der Waals surface area contributed by atoms with Gasteiger partial charge in [-0.25, -0.2) is 0 Å². The third kappa shape index (κ3) is 2.32. The van der Waals surface area contributed by atoms with Crippen LogP contribution in [-0.2, 0) is 6.42 Å². The number of aryl methyl sites for hydroxylation is 2. The molecule has 0 aromatic carbocycles. The lowest BCUT2D eigenvalue weighted by Crippen LogP contribution is -2.24. The van der Waals surface area contributed by atoms with E-state index < -0.39 is 0 Å². The maximum absolute atomic E-state index is 4.56. The first-order valence-corrected chi connectivity index (χ1v) is 5.41. The van der Waals surface area contributed by atoms with Crippen molar-refractivity contribution in [2.24, 2.45) is 0 Å². The van der Waals surface area contributed by atoms with Crippen molar-refractivity contribution >= 4 is 0 Å². The summed E-state index contributed by atoms with van der Waals surface area (Å²) in [6, 6.07) is 4.99. The molecule has 76 valence electrons. The maximum Gasteiger partial charge on any atom is 0.0424 e. The average molecular weight is 190 g/mol. The van der Waals surface area contributed by atoms with Crippen LogP contribution in [0.5, 0.6) is 0 Å². The van der Waals surface area contributed by atoms with E-state index in [-0.39, 0.29) is 0 Å². The standard InChI is InChI=1S/C12H18N2/c1-9-6-10(2)14-12(7-9)8-11-4-3-5-13-11/h6-7,11,13H,3-5,8H2,1-2H3/t11-/m0/s1. The molecule has 2 heteroatoms. The van der Waals surface area contributed by atoms with Crippen LogP contribution >= 0.6 is 0 Å². The molecule has 2 rings (SSSR count). The number of hydrogen-bond donors (Lipinski definition) is 1. The number of pyridine rings is 1. The lowest BCUT2D eigenvalue weighted by Gasteiger charge is -2.10. The zero-order chi connectivity index (χ0) is 9.97. The van der Waals surface area contributed by atoms with E-state index in [2.05, 4.69) is 36.3 Å². The molecule has 1 atom stereocenters. The molecule has 1 N–H and O–H groups in total. The summed E-state index contributed by atoms with van der Waals surface area (Å²) in [5.74, 6) is 0. The van der Waals surface area contributed by atoms with Gasteiger partial charge in [-0.2, -0.15) is 0 Å². The smallest absolute Gasteiger partial charge is 0.0424 e. The van der Waals surface area contributed by atoms with Gasteiger partial charge in [-0.05, 0) is 50.9 Å².